The van der Waals surface area contributed by atoms with E-state index in [1.807, 2.05) is 0 Å². The van der Waals surface area contributed by atoms with Crippen molar-refractivity contribution in [2.75, 3.05) is 12.8 Å². The molecule has 1 aromatic heterocycles. The highest BCUT2D eigenvalue weighted by Gasteiger charge is 2.16. The van der Waals surface area contributed by atoms with Crippen LogP contribution in [0, 0.1) is 12.7 Å². The number of hydrogen-bond acceptors (Lipinski definition) is 5. The zero-order chi connectivity index (χ0) is 14.7. The molecule has 2 N–H and O–H groups in total. The number of nitrogen functional groups attached to an aromatic ring is 1. The van der Waals surface area contributed by atoms with Gasteiger partial charge < -0.3 is 15.2 Å². The van der Waals surface area contributed by atoms with Crippen molar-refractivity contribution in [2.45, 2.75) is 6.92 Å². The molecular weight excluding hydrogens is 263 g/mol. The molecule has 0 aliphatic heterocycles. The van der Waals surface area contributed by atoms with Crippen LogP contribution in [0.5, 0.6) is 11.6 Å². The number of esters is 1. The fraction of sp³-hybridized carbons (Fsp3) is 0.143. The largest absolute Gasteiger partial charge is 0.465 e. The number of nitrogens with zero attached hydrogens (tertiary/aromatic N) is 1. The third kappa shape index (κ3) is 2.69. The Morgan fingerprint density at radius 2 is 2.10 bits per heavy atom. The first-order chi connectivity index (χ1) is 9.52. The summed E-state index contributed by atoms with van der Waals surface area (Å²) in [5.41, 5.74) is 6.72. The molecule has 0 unspecified atom stereocenters. The lowest BCUT2D eigenvalue weighted by Gasteiger charge is -2.10. The molecule has 0 aliphatic rings. The Morgan fingerprint density at radius 1 is 1.35 bits per heavy atom. The molecule has 1 aromatic carbocycles. The fourth-order valence-electron chi connectivity index (χ4n) is 1.62. The molecule has 0 saturated carbocycles. The van der Waals surface area contributed by atoms with Crippen molar-refractivity contribution in [3.63, 3.8) is 0 Å². The van der Waals surface area contributed by atoms with Crippen molar-refractivity contribution in [2.24, 2.45) is 0 Å². The van der Waals surface area contributed by atoms with Gasteiger partial charge >= 0.3 is 5.97 Å². The molecule has 0 fully saturated rings. The van der Waals surface area contributed by atoms with Crippen LogP contribution in [-0.2, 0) is 4.74 Å². The molecule has 0 bridgehead atoms. The number of rotatable bonds is 3. The van der Waals surface area contributed by atoms with Gasteiger partial charge in [0.15, 0.2) is 11.6 Å². The molecule has 20 heavy (non-hydrogen) atoms. The van der Waals surface area contributed by atoms with E-state index in [4.69, 9.17) is 10.5 Å². The minimum Gasteiger partial charge on any atom is -0.465 e. The van der Waals surface area contributed by atoms with Gasteiger partial charge in [0.2, 0.25) is 5.88 Å². The third-order valence-corrected chi connectivity index (χ3v) is 2.65. The topological polar surface area (TPSA) is 74.4 Å². The molecule has 5 nitrogen and oxygen atoms in total. The number of ether oxygens (including phenoxy) is 2. The van der Waals surface area contributed by atoms with Crippen molar-refractivity contribution in [3.05, 3.63) is 47.4 Å². The van der Waals surface area contributed by atoms with Crippen LogP contribution in [0.3, 0.4) is 0 Å². The maximum Gasteiger partial charge on any atom is 0.340 e. The van der Waals surface area contributed by atoms with Gasteiger partial charge in [-0.1, -0.05) is 6.07 Å². The Hall–Kier alpha value is -2.63. The van der Waals surface area contributed by atoms with E-state index in [1.165, 1.54) is 31.5 Å². The fourth-order valence-corrected chi connectivity index (χ4v) is 1.62. The first-order valence-corrected chi connectivity index (χ1v) is 5.79. The van der Waals surface area contributed by atoms with Crippen LogP contribution >= 0.6 is 0 Å². The van der Waals surface area contributed by atoms with Crippen molar-refractivity contribution < 1.29 is 18.7 Å². The van der Waals surface area contributed by atoms with Gasteiger partial charge in [0.1, 0.15) is 5.69 Å². The summed E-state index contributed by atoms with van der Waals surface area (Å²) in [6, 6.07) is 5.82. The molecule has 2 rings (SSSR count). The molecular formula is C14H13FN2O3. The van der Waals surface area contributed by atoms with Crippen LogP contribution in [0.4, 0.5) is 10.1 Å². The van der Waals surface area contributed by atoms with Crippen LogP contribution in [0.25, 0.3) is 0 Å². The van der Waals surface area contributed by atoms with Crippen molar-refractivity contribution in [1.82, 2.24) is 4.98 Å². The Morgan fingerprint density at radius 3 is 2.80 bits per heavy atom. The number of aryl methyl sites for hydroxylation is 1. The van der Waals surface area contributed by atoms with E-state index in [1.54, 1.807) is 13.0 Å². The summed E-state index contributed by atoms with van der Waals surface area (Å²) >= 11 is 0. The van der Waals surface area contributed by atoms with Gasteiger partial charge in [0.25, 0.3) is 0 Å². The molecule has 0 saturated heterocycles. The second kappa shape index (κ2) is 5.56. The smallest absolute Gasteiger partial charge is 0.340 e. The van der Waals surface area contributed by atoms with Gasteiger partial charge in [-0.3, -0.25) is 0 Å². The number of anilines is 1. The molecule has 2 aromatic rings. The van der Waals surface area contributed by atoms with E-state index in [-0.39, 0.29) is 22.9 Å². The first-order valence-electron chi connectivity index (χ1n) is 5.79. The van der Waals surface area contributed by atoms with E-state index in [0.717, 1.165) is 5.56 Å². The predicted molar refractivity (Wildman–Crippen MR) is 71.2 cm³/mol. The van der Waals surface area contributed by atoms with Crippen LogP contribution in [0.1, 0.15) is 15.9 Å². The summed E-state index contributed by atoms with van der Waals surface area (Å²) in [7, 11) is 1.24. The number of methoxy groups -OCH3 is 1. The maximum absolute atomic E-state index is 13.6. The first kappa shape index (κ1) is 13.8. The molecule has 6 heteroatoms. The zero-order valence-corrected chi connectivity index (χ0v) is 11.0. The van der Waals surface area contributed by atoms with E-state index in [9.17, 15) is 9.18 Å². The minimum atomic E-state index is -0.612. The van der Waals surface area contributed by atoms with Gasteiger partial charge in [-0.2, -0.15) is 0 Å². The Kier molecular flexibility index (Phi) is 3.84. The molecule has 0 spiro atoms. The van der Waals surface area contributed by atoms with Crippen molar-refractivity contribution in [3.8, 4) is 11.6 Å². The van der Waals surface area contributed by atoms with E-state index >= 15 is 0 Å². The predicted octanol–water partition coefficient (Wildman–Crippen LogP) is 2.69. The summed E-state index contributed by atoms with van der Waals surface area (Å²) in [6.07, 6.45) is 1.34. The van der Waals surface area contributed by atoms with Gasteiger partial charge in [-0.25, -0.2) is 14.2 Å². The quantitative estimate of drug-likeness (QED) is 0.872. The number of carbonyl (C=O) groups is 1. The summed E-state index contributed by atoms with van der Waals surface area (Å²) in [6.45, 7) is 1.80. The normalized spacial score (nSPS) is 10.2. The molecule has 0 atom stereocenters. The van der Waals surface area contributed by atoms with Crippen molar-refractivity contribution in [1.29, 1.82) is 0 Å². The Bertz CT molecular complexity index is 659. The molecule has 0 aliphatic carbocycles. The van der Waals surface area contributed by atoms with Gasteiger partial charge in [-0.05, 0) is 30.7 Å². The van der Waals surface area contributed by atoms with Crippen LogP contribution in [0.15, 0.2) is 30.5 Å². The molecule has 104 valence electrons. The van der Waals surface area contributed by atoms with E-state index in [2.05, 4.69) is 9.72 Å². The highest BCUT2D eigenvalue weighted by molar-refractivity contribution is 5.96. The minimum absolute atomic E-state index is 0.000237. The van der Waals surface area contributed by atoms with Crippen molar-refractivity contribution >= 4 is 11.7 Å². The molecule has 1 heterocycles. The lowest BCUT2D eigenvalue weighted by molar-refractivity contribution is 0.0601. The molecule has 0 radical (unpaired) electrons. The lowest BCUT2D eigenvalue weighted by atomic mass is 10.2. The second-order valence-corrected chi connectivity index (χ2v) is 4.10. The number of pyridine rings is 1. The van der Waals surface area contributed by atoms with Crippen LogP contribution in [0.2, 0.25) is 0 Å². The average molecular weight is 276 g/mol. The summed E-state index contributed by atoms with van der Waals surface area (Å²) < 4.78 is 23.6. The van der Waals surface area contributed by atoms with Gasteiger partial charge in [0.05, 0.1) is 12.7 Å². The standard InChI is InChI=1S/C14H13FN2O3/c1-8-3-4-10(15)11(7-8)20-13-12(16)9(5-6-17-13)14(18)19-2/h3-7H,16H2,1-2H3. The highest BCUT2D eigenvalue weighted by Crippen LogP contribution is 2.30. The van der Waals surface area contributed by atoms with Gasteiger partial charge in [0, 0.05) is 6.20 Å². The maximum atomic E-state index is 13.6. The van der Waals surface area contributed by atoms with Gasteiger partial charge in [-0.15, -0.1) is 0 Å². The number of hydrogen-bond donors (Lipinski definition) is 1. The van der Waals surface area contributed by atoms with Crippen LogP contribution < -0.4 is 10.5 Å². The van der Waals surface area contributed by atoms with E-state index < -0.39 is 11.8 Å². The van der Waals surface area contributed by atoms with Crippen LogP contribution in [-0.4, -0.2) is 18.1 Å². The number of benzene rings is 1. The Labute approximate surface area is 115 Å². The molecule has 0 amide bonds. The number of nitrogens with two attached hydrogens (primary N) is 1. The average Bonchev–Trinajstić information content (AvgIpc) is 2.44. The number of aromatic nitrogens is 1. The summed E-state index contributed by atoms with van der Waals surface area (Å²) in [4.78, 5) is 15.4. The summed E-state index contributed by atoms with van der Waals surface area (Å²) in [5.74, 6) is -1.21. The van der Waals surface area contributed by atoms with E-state index in [0.29, 0.717) is 0 Å². The highest BCUT2D eigenvalue weighted by atomic mass is 19.1. The third-order valence-electron chi connectivity index (χ3n) is 2.65. The zero-order valence-electron chi connectivity index (χ0n) is 11.0. The number of carbonyl (C=O) groups excluding carboxylic acids is 1. The SMILES string of the molecule is COC(=O)c1ccnc(Oc2cc(C)ccc2F)c1N. The number of halogens is 1. The summed E-state index contributed by atoms with van der Waals surface area (Å²) in [5, 5.41) is 0. The lowest BCUT2D eigenvalue weighted by Crippen LogP contribution is -2.07. The second-order valence-electron chi connectivity index (χ2n) is 4.10. The monoisotopic (exact) mass is 276 g/mol. The Balaban J connectivity index is 2.39.